The van der Waals surface area contributed by atoms with Gasteiger partial charge in [-0.1, -0.05) is 53.9 Å². The summed E-state index contributed by atoms with van der Waals surface area (Å²) in [5, 5.41) is 37.1. The number of nitrogens with one attached hydrogen (secondary N) is 5. The number of carbonyl (C=O) groups is 3. The van der Waals surface area contributed by atoms with Crippen molar-refractivity contribution >= 4 is 58.0 Å². The van der Waals surface area contributed by atoms with E-state index in [-0.39, 0.29) is 54.4 Å². The predicted molar refractivity (Wildman–Crippen MR) is 207 cm³/mol. The number of fused-ring (bicyclic) bond motifs is 1. The molecule has 0 aliphatic carbocycles. The first kappa shape index (κ1) is 40.1. The maximum absolute atomic E-state index is 13.5. The van der Waals surface area contributed by atoms with Crippen molar-refractivity contribution in [3.63, 3.8) is 0 Å². The van der Waals surface area contributed by atoms with Crippen LogP contribution in [0.25, 0.3) is 11.2 Å². The number of halogens is 2. The van der Waals surface area contributed by atoms with E-state index in [9.17, 15) is 24.6 Å². The van der Waals surface area contributed by atoms with Crippen LogP contribution in [0.1, 0.15) is 60.1 Å². The van der Waals surface area contributed by atoms with Gasteiger partial charge in [-0.15, -0.1) is 0 Å². The highest BCUT2D eigenvalue weighted by molar-refractivity contribution is 6.31. The summed E-state index contributed by atoms with van der Waals surface area (Å²) in [5.41, 5.74) is 2.13. The van der Waals surface area contributed by atoms with Gasteiger partial charge in [0, 0.05) is 55.2 Å². The molecule has 2 aromatic carbocycles. The van der Waals surface area contributed by atoms with Crippen molar-refractivity contribution in [1.29, 1.82) is 0 Å². The molecule has 2 fully saturated rings. The summed E-state index contributed by atoms with van der Waals surface area (Å²) in [6, 6.07) is 14.5. The number of nitrogens with zero attached hydrogens (tertiary/aromatic N) is 5. The number of anilines is 1. The van der Waals surface area contributed by atoms with Crippen molar-refractivity contribution < 1.29 is 29.3 Å². The number of hydrogen-bond donors (Lipinski definition) is 7. The summed E-state index contributed by atoms with van der Waals surface area (Å²) in [4.78, 5) is 54.4. The molecular weight excluding hydrogens is 751 g/mol. The van der Waals surface area contributed by atoms with E-state index < -0.39 is 36.4 Å². The van der Waals surface area contributed by atoms with Gasteiger partial charge in [-0.3, -0.25) is 14.2 Å². The molecule has 4 aromatic rings. The molecule has 4 atom stereocenters. The van der Waals surface area contributed by atoms with Crippen LogP contribution in [0.5, 0.6) is 0 Å². The number of aliphatic hydroxyl groups is 2. The second-order valence-electron chi connectivity index (χ2n) is 13.4. The minimum atomic E-state index is -1.54. The average Bonchev–Trinajstić information content (AvgIpc) is 3.73. The first-order valence-electron chi connectivity index (χ1n) is 18.4. The molecule has 55 heavy (non-hydrogen) atoms. The van der Waals surface area contributed by atoms with Gasteiger partial charge >= 0.3 is 6.03 Å². The predicted octanol–water partition coefficient (Wildman–Crippen LogP) is 2.65. The highest BCUT2D eigenvalue weighted by atomic mass is 35.5. The summed E-state index contributed by atoms with van der Waals surface area (Å²) < 4.78 is 7.20. The van der Waals surface area contributed by atoms with Crippen molar-refractivity contribution in [1.82, 2.24) is 45.7 Å². The van der Waals surface area contributed by atoms with E-state index in [1.54, 1.807) is 19.1 Å². The van der Waals surface area contributed by atoms with Crippen molar-refractivity contribution in [3.05, 3.63) is 81.9 Å². The van der Waals surface area contributed by atoms with Gasteiger partial charge in [-0.25, -0.2) is 19.7 Å². The van der Waals surface area contributed by atoms with Gasteiger partial charge in [0.05, 0.1) is 6.33 Å². The molecule has 7 N–H and O–H groups in total. The van der Waals surface area contributed by atoms with Crippen LogP contribution < -0.4 is 26.6 Å². The van der Waals surface area contributed by atoms with E-state index in [0.717, 1.165) is 30.8 Å². The molecule has 4 heterocycles. The minimum absolute atomic E-state index is 0.0816. The number of benzene rings is 2. The molecule has 0 radical (unpaired) electrons. The lowest BCUT2D eigenvalue weighted by Crippen LogP contribution is -2.43. The molecule has 2 aliphatic heterocycles. The quantitative estimate of drug-likeness (QED) is 0.0871. The average molecular weight is 798 g/mol. The Morgan fingerprint density at radius 2 is 1.56 bits per heavy atom. The molecule has 0 spiro atoms. The Bertz CT molecular complexity index is 1920. The molecule has 0 unspecified atom stereocenters. The Balaban J connectivity index is 1.22. The lowest BCUT2D eigenvalue weighted by atomic mass is 9.91. The molecule has 2 aliphatic rings. The van der Waals surface area contributed by atoms with Crippen LogP contribution in [0.2, 0.25) is 10.0 Å². The van der Waals surface area contributed by atoms with Crippen molar-refractivity contribution in [3.8, 4) is 0 Å². The first-order valence-corrected chi connectivity index (χ1v) is 19.2. The number of amides is 4. The van der Waals surface area contributed by atoms with Crippen molar-refractivity contribution in [2.45, 2.75) is 56.6 Å². The third kappa shape index (κ3) is 10.00. The maximum Gasteiger partial charge on any atom is 0.314 e. The third-order valence-corrected chi connectivity index (χ3v) is 10.1. The number of hydrogen-bond acceptors (Lipinski definition) is 11. The Morgan fingerprint density at radius 1 is 0.891 bits per heavy atom. The number of piperidine rings is 1. The zero-order valence-corrected chi connectivity index (χ0v) is 31.9. The molecular formula is C37H46Cl2N10O6. The van der Waals surface area contributed by atoms with E-state index >= 15 is 0 Å². The van der Waals surface area contributed by atoms with E-state index in [0.29, 0.717) is 23.1 Å². The lowest BCUT2D eigenvalue weighted by molar-refractivity contribution is -0.137. The number of aromatic nitrogens is 4. The molecule has 0 bridgehead atoms. The number of aliphatic hydroxyl groups excluding tert-OH is 2. The number of ether oxygens (including phenoxy) is 1. The fraction of sp³-hybridized carbons (Fsp3) is 0.459. The van der Waals surface area contributed by atoms with E-state index in [1.165, 1.54) is 30.2 Å². The zero-order chi connectivity index (χ0) is 38.9. The van der Waals surface area contributed by atoms with E-state index in [1.807, 2.05) is 36.4 Å². The molecule has 2 aromatic heterocycles. The minimum Gasteiger partial charge on any atom is -0.387 e. The summed E-state index contributed by atoms with van der Waals surface area (Å²) in [6.07, 6.45) is -0.763. The SMILES string of the molecule is CCNC(=O)[C@H]1O[C@@H](n2cnc3c(NCC(c4cccc(Cl)c4)c4cccc(Cl)c4)nc(C(=O)NCCNC(=O)NCCN4CCCCC4)nc32)[C@H](O)[C@@H]1O. The number of imidazole rings is 1. The van der Waals surface area contributed by atoms with Gasteiger partial charge in [0.2, 0.25) is 5.82 Å². The molecule has 16 nitrogen and oxygen atoms in total. The molecule has 18 heteroatoms. The van der Waals surface area contributed by atoms with E-state index in [4.69, 9.17) is 27.9 Å². The normalized spacial score (nSPS) is 20.0. The van der Waals surface area contributed by atoms with Crippen LogP contribution in [0.4, 0.5) is 10.6 Å². The zero-order valence-electron chi connectivity index (χ0n) is 30.4. The second-order valence-corrected chi connectivity index (χ2v) is 14.3. The second kappa shape index (κ2) is 18.8. The molecule has 6 rings (SSSR count). The highest BCUT2D eigenvalue weighted by Crippen LogP contribution is 2.34. The molecule has 0 saturated carbocycles. The Kier molecular flexibility index (Phi) is 13.7. The Hall–Kier alpha value is -4.58. The van der Waals surface area contributed by atoms with Gasteiger partial charge < -0.3 is 46.4 Å². The van der Waals surface area contributed by atoms with Gasteiger partial charge in [0.1, 0.15) is 12.2 Å². The Labute approximate surface area is 328 Å². The highest BCUT2D eigenvalue weighted by Gasteiger charge is 2.47. The number of urea groups is 1. The molecule has 2 saturated heterocycles. The van der Waals surface area contributed by atoms with Crippen LogP contribution in [0.3, 0.4) is 0 Å². The number of likely N-dealkylation sites (N-methyl/N-ethyl adjacent to an activating group) is 1. The summed E-state index contributed by atoms with van der Waals surface area (Å²) >= 11 is 12.8. The summed E-state index contributed by atoms with van der Waals surface area (Å²) in [7, 11) is 0. The van der Waals surface area contributed by atoms with Crippen molar-refractivity contribution in [2.24, 2.45) is 0 Å². The van der Waals surface area contributed by atoms with Crippen LogP contribution >= 0.6 is 23.2 Å². The lowest BCUT2D eigenvalue weighted by Gasteiger charge is -2.26. The summed E-state index contributed by atoms with van der Waals surface area (Å²) in [6.45, 7) is 5.89. The van der Waals surface area contributed by atoms with Crippen LogP contribution in [0.15, 0.2) is 54.9 Å². The van der Waals surface area contributed by atoms with Crippen LogP contribution in [-0.2, 0) is 9.53 Å². The number of rotatable bonds is 15. The van der Waals surface area contributed by atoms with Gasteiger partial charge in [-0.2, -0.15) is 0 Å². The smallest absolute Gasteiger partial charge is 0.314 e. The Morgan fingerprint density at radius 3 is 2.24 bits per heavy atom. The van der Waals surface area contributed by atoms with Gasteiger partial charge in [-0.05, 0) is 68.2 Å². The van der Waals surface area contributed by atoms with E-state index in [2.05, 4.69) is 46.4 Å². The van der Waals surface area contributed by atoms with Crippen LogP contribution in [0, 0.1) is 0 Å². The summed E-state index contributed by atoms with van der Waals surface area (Å²) in [5.74, 6) is -1.54. The third-order valence-electron chi connectivity index (χ3n) is 9.58. The number of likely N-dealkylation sites (tertiary alicyclic amines) is 1. The molecule has 4 amide bonds. The fourth-order valence-electron chi connectivity index (χ4n) is 6.79. The number of carbonyl (C=O) groups excluding carboxylic acids is 3. The standard InChI is InChI=1S/C37H46Cl2N10O6/c1-2-40-34(52)30-28(50)29(51)36(55-30)49-21-45-27-31(44-20-26(22-8-6-10-24(38)18-22)23-9-7-11-25(39)19-23)46-32(47-33(27)49)35(53)41-12-13-42-37(54)43-14-17-48-15-4-3-5-16-48/h6-11,18-19,21,26,28-30,36,50-51H,2-5,12-17,20H2,1H3,(H,40,52)(H,41,53)(H2,42,43,54)(H,44,46,47)/t28-,29+,30-,36+/m0/s1. The monoisotopic (exact) mass is 796 g/mol. The molecule has 294 valence electrons. The largest absolute Gasteiger partial charge is 0.387 e. The van der Waals surface area contributed by atoms with Gasteiger partial charge in [0.15, 0.2) is 29.3 Å². The topological polar surface area (TPSA) is 208 Å². The first-order chi connectivity index (χ1) is 26.6. The fourth-order valence-corrected chi connectivity index (χ4v) is 7.18. The maximum atomic E-state index is 13.5. The van der Waals surface area contributed by atoms with Crippen LogP contribution in [-0.4, -0.2) is 123 Å². The van der Waals surface area contributed by atoms with Crippen molar-refractivity contribution in [2.75, 3.05) is 57.7 Å². The van der Waals surface area contributed by atoms with Gasteiger partial charge in [0.25, 0.3) is 11.8 Å².